The topological polar surface area (TPSA) is 134 Å². The molecule has 0 spiro atoms. The number of phenolic OH excluding ortho intramolecular Hbond substituents is 3. The van der Waals surface area contributed by atoms with Crippen LogP contribution in [0.15, 0.2) is 35.9 Å². The maximum Gasteiger partial charge on any atom is 0.331 e. The summed E-state index contributed by atoms with van der Waals surface area (Å²) in [5.41, 5.74) is 1.14. The summed E-state index contributed by atoms with van der Waals surface area (Å²) in [6.45, 7) is 1.41. The zero-order valence-electron chi connectivity index (χ0n) is 15.0. The fourth-order valence-electron chi connectivity index (χ4n) is 3.13. The normalized spacial score (nSPS) is 18.3. The van der Waals surface area contributed by atoms with E-state index >= 15 is 0 Å². The van der Waals surface area contributed by atoms with Gasteiger partial charge in [0.05, 0.1) is 7.11 Å². The van der Waals surface area contributed by atoms with Gasteiger partial charge < -0.3 is 29.9 Å². The maximum atomic E-state index is 12.5. The first-order valence-corrected chi connectivity index (χ1v) is 8.27. The number of phenols is 3. The summed E-state index contributed by atoms with van der Waals surface area (Å²) in [4.78, 5) is 23.5. The van der Waals surface area contributed by atoms with E-state index in [4.69, 9.17) is 14.6 Å². The monoisotopic (exact) mass is 386 g/mol. The summed E-state index contributed by atoms with van der Waals surface area (Å²) in [5, 5.41) is 38.7. The summed E-state index contributed by atoms with van der Waals surface area (Å²) in [7, 11) is 1.21. The number of carboxylic acids is 1. The molecule has 3 rings (SSSR count). The average molecular weight is 386 g/mol. The number of rotatable bonds is 4. The van der Waals surface area contributed by atoms with Crippen LogP contribution in [0.4, 0.5) is 0 Å². The van der Waals surface area contributed by atoms with Crippen molar-refractivity contribution in [2.24, 2.45) is 0 Å². The first kappa shape index (κ1) is 19.1. The highest BCUT2D eigenvalue weighted by Crippen LogP contribution is 2.51. The molecule has 0 radical (unpaired) electrons. The molecule has 0 aromatic heterocycles. The fraction of sp³-hybridized carbons (Fsp3) is 0.200. The Kier molecular flexibility index (Phi) is 4.87. The van der Waals surface area contributed by atoms with E-state index in [1.165, 1.54) is 44.4 Å². The number of hydrogen-bond donors (Lipinski definition) is 4. The number of methoxy groups -OCH3 is 1. The van der Waals surface area contributed by atoms with Crippen LogP contribution in [-0.4, -0.2) is 39.5 Å². The van der Waals surface area contributed by atoms with Gasteiger partial charge in [0.25, 0.3) is 0 Å². The Hall–Kier alpha value is -3.68. The zero-order chi connectivity index (χ0) is 20.6. The SMILES string of the molecule is COC(=O)C1c2cc(/C=C(\C)C(=O)O)cc(O)c2OC1c1ccc(O)c(O)c1. The fourth-order valence-corrected chi connectivity index (χ4v) is 3.13. The second-order valence-corrected chi connectivity index (χ2v) is 6.38. The average Bonchev–Trinajstić information content (AvgIpc) is 3.03. The molecule has 2 atom stereocenters. The molecular formula is C20H18O8. The van der Waals surface area contributed by atoms with Crippen molar-refractivity contribution in [1.29, 1.82) is 0 Å². The summed E-state index contributed by atoms with van der Waals surface area (Å²) >= 11 is 0. The van der Waals surface area contributed by atoms with Gasteiger partial charge in [0.2, 0.25) is 0 Å². The van der Waals surface area contributed by atoms with E-state index in [0.717, 1.165) is 0 Å². The highest BCUT2D eigenvalue weighted by molar-refractivity contribution is 5.92. The molecule has 28 heavy (non-hydrogen) atoms. The smallest absolute Gasteiger partial charge is 0.331 e. The van der Waals surface area contributed by atoms with Crippen LogP contribution in [0.25, 0.3) is 6.08 Å². The van der Waals surface area contributed by atoms with E-state index in [2.05, 4.69) is 0 Å². The molecule has 2 aromatic carbocycles. The third-order valence-corrected chi connectivity index (χ3v) is 4.51. The number of benzene rings is 2. The van der Waals surface area contributed by atoms with Gasteiger partial charge in [-0.3, -0.25) is 4.79 Å². The van der Waals surface area contributed by atoms with Gasteiger partial charge in [0.15, 0.2) is 23.0 Å². The number of carboxylic acid groups (broad SMARTS) is 1. The van der Waals surface area contributed by atoms with E-state index < -0.39 is 24.0 Å². The highest BCUT2D eigenvalue weighted by atomic mass is 16.5. The molecule has 0 saturated carbocycles. The Morgan fingerprint density at radius 3 is 2.39 bits per heavy atom. The van der Waals surface area contributed by atoms with Crippen LogP contribution >= 0.6 is 0 Å². The number of fused-ring (bicyclic) bond motifs is 1. The molecule has 0 bridgehead atoms. The van der Waals surface area contributed by atoms with Crippen LogP contribution in [0.5, 0.6) is 23.0 Å². The first-order chi connectivity index (χ1) is 13.2. The molecule has 0 amide bonds. The van der Waals surface area contributed by atoms with Crippen molar-refractivity contribution in [3.63, 3.8) is 0 Å². The highest BCUT2D eigenvalue weighted by Gasteiger charge is 2.43. The van der Waals surface area contributed by atoms with E-state index in [9.17, 15) is 24.9 Å². The number of carbonyl (C=O) groups is 2. The van der Waals surface area contributed by atoms with Gasteiger partial charge in [0.1, 0.15) is 12.0 Å². The number of aromatic hydroxyl groups is 3. The predicted molar refractivity (Wildman–Crippen MR) is 97.3 cm³/mol. The van der Waals surface area contributed by atoms with Crippen molar-refractivity contribution < 1.29 is 39.5 Å². The Bertz CT molecular complexity index is 992. The molecule has 0 fully saturated rings. The summed E-state index contributed by atoms with van der Waals surface area (Å²) in [5.74, 6) is -3.61. The van der Waals surface area contributed by atoms with E-state index in [-0.39, 0.29) is 28.6 Å². The Morgan fingerprint density at radius 1 is 1.07 bits per heavy atom. The van der Waals surface area contributed by atoms with Gasteiger partial charge >= 0.3 is 11.9 Å². The van der Waals surface area contributed by atoms with Crippen molar-refractivity contribution in [1.82, 2.24) is 0 Å². The summed E-state index contributed by atoms with van der Waals surface area (Å²) in [6, 6.07) is 6.87. The largest absolute Gasteiger partial charge is 0.504 e. The third-order valence-electron chi connectivity index (χ3n) is 4.51. The first-order valence-electron chi connectivity index (χ1n) is 8.27. The number of carbonyl (C=O) groups excluding carboxylic acids is 1. The minimum Gasteiger partial charge on any atom is -0.504 e. The lowest BCUT2D eigenvalue weighted by atomic mass is 9.89. The van der Waals surface area contributed by atoms with Crippen LogP contribution in [0.1, 0.15) is 35.6 Å². The molecule has 8 heteroatoms. The number of esters is 1. The molecule has 1 heterocycles. The van der Waals surface area contributed by atoms with Gasteiger partial charge in [-0.15, -0.1) is 0 Å². The number of aliphatic carboxylic acids is 1. The lowest BCUT2D eigenvalue weighted by molar-refractivity contribution is -0.144. The van der Waals surface area contributed by atoms with E-state index in [1.54, 1.807) is 6.07 Å². The predicted octanol–water partition coefficient (Wildman–Crippen LogP) is 2.68. The quantitative estimate of drug-likeness (QED) is 0.358. The van der Waals surface area contributed by atoms with Crippen LogP contribution in [0.2, 0.25) is 0 Å². The van der Waals surface area contributed by atoms with Crippen LogP contribution in [-0.2, 0) is 14.3 Å². The maximum absolute atomic E-state index is 12.5. The van der Waals surface area contributed by atoms with Crippen molar-refractivity contribution in [2.75, 3.05) is 7.11 Å². The molecule has 0 saturated heterocycles. The van der Waals surface area contributed by atoms with Crippen LogP contribution < -0.4 is 4.74 Å². The molecule has 4 N–H and O–H groups in total. The van der Waals surface area contributed by atoms with Gasteiger partial charge in [-0.05, 0) is 48.4 Å². The van der Waals surface area contributed by atoms with Crippen LogP contribution in [0.3, 0.4) is 0 Å². The number of ether oxygens (including phenoxy) is 2. The second-order valence-electron chi connectivity index (χ2n) is 6.38. The zero-order valence-corrected chi connectivity index (χ0v) is 15.0. The van der Waals surface area contributed by atoms with Crippen molar-refractivity contribution >= 4 is 18.0 Å². The van der Waals surface area contributed by atoms with Gasteiger partial charge in [-0.2, -0.15) is 0 Å². The van der Waals surface area contributed by atoms with Gasteiger partial charge in [-0.1, -0.05) is 6.07 Å². The molecule has 0 aliphatic carbocycles. The van der Waals surface area contributed by atoms with Crippen molar-refractivity contribution in [3.8, 4) is 23.0 Å². The molecule has 146 valence electrons. The lowest BCUT2D eigenvalue weighted by Crippen LogP contribution is -2.20. The van der Waals surface area contributed by atoms with Crippen LogP contribution in [0, 0.1) is 0 Å². The Balaban J connectivity index is 2.12. The number of hydrogen-bond acceptors (Lipinski definition) is 7. The Morgan fingerprint density at radius 2 is 1.79 bits per heavy atom. The van der Waals surface area contributed by atoms with Gasteiger partial charge in [-0.25, -0.2) is 4.79 Å². The molecule has 8 nitrogen and oxygen atoms in total. The molecule has 2 unspecified atom stereocenters. The Labute approximate surface area is 159 Å². The molecule has 2 aromatic rings. The van der Waals surface area contributed by atoms with E-state index in [1.807, 2.05) is 0 Å². The molecule has 1 aliphatic heterocycles. The summed E-state index contributed by atoms with van der Waals surface area (Å²) < 4.78 is 10.7. The second kappa shape index (κ2) is 7.15. The minimum atomic E-state index is -1.11. The summed E-state index contributed by atoms with van der Waals surface area (Å²) in [6.07, 6.45) is 0.441. The van der Waals surface area contributed by atoms with Crippen molar-refractivity contribution in [2.45, 2.75) is 18.9 Å². The van der Waals surface area contributed by atoms with E-state index in [0.29, 0.717) is 16.7 Å². The standard InChI is InChI=1S/C20H18O8/c1-9(19(24)25)5-10-6-12-16(20(26)27-2)17(28-18(12)15(23)7-10)11-3-4-13(21)14(22)8-11/h3-8,16-17,21-23H,1-2H3,(H,24,25)/b9-5+. The third kappa shape index (κ3) is 3.32. The minimum absolute atomic E-state index is 0.0490. The van der Waals surface area contributed by atoms with Crippen molar-refractivity contribution in [3.05, 3.63) is 52.6 Å². The molecular weight excluding hydrogens is 368 g/mol. The lowest BCUT2D eigenvalue weighted by Gasteiger charge is -2.18. The van der Waals surface area contributed by atoms with Gasteiger partial charge in [0, 0.05) is 11.1 Å². The molecule has 1 aliphatic rings.